The summed E-state index contributed by atoms with van der Waals surface area (Å²) in [6.07, 6.45) is 1.45. The number of hydrogen-bond acceptors (Lipinski definition) is 5. The van der Waals surface area contributed by atoms with Crippen LogP contribution in [-0.4, -0.2) is 20.0 Å². The van der Waals surface area contributed by atoms with Crippen molar-refractivity contribution in [3.63, 3.8) is 0 Å². The largest absolute Gasteiger partial charge is 0.377 e. The second-order valence-corrected chi connectivity index (χ2v) is 9.82. The zero-order valence-corrected chi connectivity index (χ0v) is 20.1. The van der Waals surface area contributed by atoms with Gasteiger partial charge in [-0.1, -0.05) is 53.0 Å². The number of hydrogen-bond donors (Lipinski definition) is 0. The average molecular weight is 522 g/mol. The van der Waals surface area contributed by atoms with E-state index in [9.17, 15) is 13.2 Å². The van der Waals surface area contributed by atoms with Crippen LogP contribution in [0.5, 0.6) is 5.75 Å². The maximum atomic E-state index is 13.0. The maximum absolute atomic E-state index is 13.0. The Morgan fingerprint density at radius 3 is 2.27 bits per heavy atom. The molecule has 0 fully saturated rings. The number of amides is 1. The fourth-order valence-electron chi connectivity index (χ4n) is 3.12. The molecule has 168 valence electrons. The minimum atomic E-state index is -4.24. The topological polar surface area (TPSA) is 76.0 Å². The van der Waals surface area contributed by atoms with Gasteiger partial charge in [0.2, 0.25) is 0 Å². The van der Waals surface area contributed by atoms with Crippen LogP contribution in [0.4, 0.5) is 5.69 Å². The first-order valence-corrected chi connectivity index (χ1v) is 12.1. The molecule has 33 heavy (non-hydrogen) atoms. The van der Waals surface area contributed by atoms with Crippen molar-refractivity contribution in [2.75, 3.05) is 5.01 Å². The van der Waals surface area contributed by atoms with Gasteiger partial charge < -0.3 is 4.18 Å². The lowest BCUT2D eigenvalue weighted by Crippen LogP contribution is -2.21. The molecule has 0 N–H and O–H groups in total. The maximum Gasteiger partial charge on any atom is 0.339 e. The van der Waals surface area contributed by atoms with Gasteiger partial charge in [0.05, 0.1) is 22.0 Å². The van der Waals surface area contributed by atoms with Gasteiger partial charge in [0.15, 0.2) is 5.75 Å². The van der Waals surface area contributed by atoms with Crippen LogP contribution in [0.2, 0.25) is 15.1 Å². The first-order valence-electron chi connectivity index (χ1n) is 9.51. The summed E-state index contributed by atoms with van der Waals surface area (Å²) in [5, 5.41) is 6.16. The molecule has 0 spiro atoms. The smallest absolute Gasteiger partial charge is 0.339 e. The van der Waals surface area contributed by atoms with Crippen molar-refractivity contribution in [3.05, 3.63) is 92.9 Å². The van der Waals surface area contributed by atoms with E-state index in [2.05, 4.69) is 5.10 Å². The monoisotopic (exact) mass is 520 g/mol. The summed E-state index contributed by atoms with van der Waals surface area (Å²) in [7, 11) is -4.24. The van der Waals surface area contributed by atoms with E-state index in [4.69, 9.17) is 39.0 Å². The Balaban J connectivity index is 1.75. The predicted octanol–water partition coefficient (Wildman–Crippen LogP) is 6.22. The molecule has 10 heteroatoms. The third kappa shape index (κ3) is 4.91. The number of hydrazone groups is 1. The Hall–Kier alpha value is -2.84. The van der Waals surface area contributed by atoms with E-state index in [0.29, 0.717) is 16.4 Å². The molecule has 0 bridgehead atoms. The average Bonchev–Trinajstić information content (AvgIpc) is 3.05. The first kappa shape index (κ1) is 23.3. The Bertz CT molecular complexity index is 1400. The molecule has 1 aliphatic heterocycles. The number of para-hydroxylation sites is 1. The summed E-state index contributed by atoms with van der Waals surface area (Å²) in [6, 6.07) is 17.2. The Labute approximate surface area is 205 Å². The summed E-state index contributed by atoms with van der Waals surface area (Å²) in [4.78, 5) is 12.9. The normalized spacial score (nSPS) is 15.2. The molecule has 3 aromatic rings. The number of anilines is 1. The van der Waals surface area contributed by atoms with E-state index in [0.717, 1.165) is 0 Å². The highest BCUT2D eigenvalue weighted by molar-refractivity contribution is 7.87. The van der Waals surface area contributed by atoms with Crippen LogP contribution in [-0.2, 0) is 14.9 Å². The summed E-state index contributed by atoms with van der Waals surface area (Å²) < 4.78 is 31.0. The predicted molar refractivity (Wildman–Crippen MR) is 131 cm³/mol. The summed E-state index contributed by atoms with van der Waals surface area (Å²) in [5.41, 5.74) is 1.48. The Morgan fingerprint density at radius 1 is 0.939 bits per heavy atom. The third-order valence-corrected chi connectivity index (χ3v) is 6.68. The number of carbonyl (C=O) groups is 1. The molecule has 3 aromatic carbocycles. The fourth-order valence-corrected chi connectivity index (χ4v) is 4.81. The van der Waals surface area contributed by atoms with Crippen molar-refractivity contribution in [2.45, 2.75) is 11.8 Å². The number of nitrogens with zero attached hydrogens (tertiary/aromatic N) is 2. The van der Waals surface area contributed by atoms with Crippen molar-refractivity contribution in [2.24, 2.45) is 5.10 Å². The van der Waals surface area contributed by atoms with E-state index in [-0.39, 0.29) is 37.7 Å². The lowest BCUT2D eigenvalue weighted by atomic mass is 10.1. The molecule has 0 saturated heterocycles. The number of carbonyl (C=O) groups excluding carboxylic acids is 1. The Morgan fingerprint density at radius 2 is 1.61 bits per heavy atom. The van der Waals surface area contributed by atoms with Crippen LogP contribution in [0.3, 0.4) is 0 Å². The van der Waals surface area contributed by atoms with Crippen molar-refractivity contribution >= 4 is 68.3 Å². The van der Waals surface area contributed by atoms with Gasteiger partial charge in [0.25, 0.3) is 5.91 Å². The van der Waals surface area contributed by atoms with E-state index in [1.807, 2.05) is 6.07 Å². The van der Waals surface area contributed by atoms with Crippen LogP contribution < -0.4 is 9.19 Å². The number of benzene rings is 3. The quantitative estimate of drug-likeness (QED) is 0.295. The van der Waals surface area contributed by atoms with Crippen LogP contribution >= 0.6 is 34.8 Å². The van der Waals surface area contributed by atoms with Crippen LogP contribution in [0.1, 0.15) is 12.5 Å². The Kier molecular flexibility index (Phi) is 6.50. The zero-order chi connectivity index (χ0) is 23.8. The highest BCUT2D eigenvalue weighted by Gasteiger charge is 2.30. The van der Waals surface area contributed by atoms with Crippen molar-refractivity contribution < 1.29 is 17.4 Å². The van der Waals surface area contributed by atoms with Crippen molar-refractivity contribution in [3.8, 4) is 5.75 Å². The third-order valence-electron chi connectivity index (χ3n) is 4.70. The highest BCUT2D eigenvalue weighted by atomic mass is 35.5. The first-order chi connectivity index (χ1) is 15.7. The minimum absolute atomic E-state index is 0.0353. The van der Waals surface area contributed by atoms with Gasteiger partial charge in [-0.2, -0.15) is 18.5 Å². The summed E-state index contributed by atoms with van der Waals surface area (Å²) in [5.74, 6) is -0.552. The molecule has 6 nitrogen and oxygen atoms in total. The van der Waals surface area contributed by atoms with Crippen LogP contribution in [0.15, 0.2) is 82.3 Å². The van der Waals surface area contributed by atoms with Crippen molar-refractivity contribution in [1.82, 2.24) is 0 Å². The molecule has 0 aliphatic carbocycles. The molecule has 0 unspecified atom stereocenters. The second kappa shape index (κ2) is 9.19. The van der Waals surface area contributed by atoms with Crippen molar-refractivity contribution in [1.29, 1.82) is 0 Å². The van der Waals surface area contributed by atoms with E-state index in [1.165, 1.54) is 47.5 Å². The molecule has 1 heterocycles. The number of halogens is 3. The second-order valence-electron chi connectivity index (χ2n) is 6.99. The summed E-state index contributed by atoms with van der Waals surface area (Å²) in [6.45, 7) is 1.67. The lowest BCUT2D eigenvalue weighted by Gasteiger charge is -2.13. The fraction of sp³-hybridized carbons (Fsp3) is 0.0435. The zero-order valence-electron chi connectivity index (χ0n) is 17.0. The molecule has 1 aliphatic rings. The van der Waals surface area contributed by atoms with Gasteiger partial charge in [-0.3, -0.25) is 4.79 Å². The van der Waals surface area contributed by atoms with Gasteiger partial charge in [-0.05, 0) is 61.5 Å². The molecule has 0 radical (unpaired) electrons. The lowest BCUT2D eigenvalue weighted by molar-refractivity contribution is -0.114. The standard InChI is InChI=1S/C23H15Cl3N2O4S/c1-14-20(23(29)28(27-14)18-5-3-2-4-6-18)12-15-11-17(25)13-21(26)22(15)32-33(30,31)19-9-7-16(24)8-10-19/h2-13H,1H3/b20-12+. The van der Waals surface area contributed by atoms with E-state index in [1.54, 1.807) is 31.2 Å². The number of rotatable bonds is 5. The van der Waals surface area contributed by atoms with Crippen LogP contribution in [0, 0.1) is 0 Å². The van der Waals surface area contributed by atoms with Gasteiger partial charge in [-0.25, -0.2) is 0 Å². The van der Waals surface area contributed by atoms with Gasteiger partial charge in [-0.15, -0.1) is 0 Å². The molecule has 0 atom stereocenters. The molecule has 1 amide bonds. The van der Waals surface area contributed by atoms with Crippen LogP contribution in [0.25, 0.3) is 6.08 Å². The minimum Gasteiger partial charge on any atom is -0.377 e. The highest BCUT2D eigenvalue weighted by Crippen LogP contribution is 2.37. The molecular formula is C23H15Cl3N2O4S. The van der Waals surface area contributed by atoms with E-state index >= 15 is 0 Å². The van der Waals surface area contributed by atoms with Gasteiger partial charge >= 0.3 is 10.1 Å². The molecule has 4 rings (SSSR count). The molecular weight excluding hydrogens is 507 g/mol. The van der Waals surface area contributed by atoms with Gasteiger partial charge in [0.1, 0.15) is 4.90 Å². The van der Waals surface area contributed by atoms with Gasteiger partial charge in [0, 0.05) is 15.6 Å². The molecule has 0 aromatic heterocycles. The molecule has 0 saturated carbocycles. The van der Waals surface area contributed by atoms with E-state index < -0.39 is 10.1 Å². The SMILES string of the molecule is CC1=NN(c2ccccc2)C(=O)/C1=C/c1cc(Cl)cc(Cl)c1OS(=O)(=O)c1ccc(Cl)cc1. The summed E-state index contributed by atoms with van der Waals surface area (Å²) >= 11 is 18.3.